The largest absolute Gasteiger partial charge is 0.347 e. The van der Waals surface area contributed by atoms with Crippen LogP contribution >= 0.6 is 11.3 Å². The molecule has 0 aromatic carbocycles. The molecule has 5 amide bonds. The molecule has 5 heterocycles. The maximum Gasteiger partial charge on any atom is 0.331 e. The Morgan fingerprint density at radius 2 is 1.91 bits per heavy atom. The average molecular weight is 628 g/mol. The molecule has 2 saturated heterocycles. The van der Waals surface area contributed by atoms with Crippen LogP contribution in [0.1, 0.15) is 63.0 Å². The van der Waals surface area contributed by atoms with E-state index in [-0.39, 0.29) is 42.0 Å². The van der Waals surface area contributed by atoms with Gasteiger partial charge in [-0.15, -0.1) is 11.3 Å². The quantitative estimate of drug-likeness (QED) is 0.244. The second-order valence-electron chi connectivity index (χ2n) is 11.8. The molecule has 12 heteroatoms. The number of likely N-dealkylation sites (tertiary alicyclic amines) is 2. The number of carbonyl (C=O) groups excluding carboxylic acids is 4. The lowest BCUT2D eigenvalue weighted by atomic mass is 10.0. The van der Waals surface area contributed by atoms with Crippen LogP contribution in [0.3, 0.4) is 0 Å². The maximum absolute atomic E-state index is 13.7. The van der Waals surface area contributed by atoms with E-state index < -0.39 is 5.91 Å². The minimum Gasteiger partial charge on any atom is -0.347 e. The molecule has 0 radical (unpaired) electrons. The molecule has 234 valence electrons. The number of nitriles is 1. The number of nitrogens with zero attached hydrogens (tertiary/aromatic N) is 5. The zero-order valence-corrected chi connectivity index (χ0v) is 26.8. The van der Waals surface area contributed by atoms with Gasteiger partial charge in [0.05, 0.1) is 22.8 Å². The molecule has 2 fully saturated rings. The van der Waals surface area contributed by atoms with E-state index in [9.17, 15) is 24.4 Å². The molecular weight excluding hydrogens is 590 g/mol. The Bertz CT molecular complexity index is 1730. The van der Waals surface area contributed by atoms with Gasteiger partial charge < -0.3 is 20.4 Å². The Balaban J connectivity index is 1.36. The molecule has 3 aliphatic heterocycles. The van der Waals surface area contributed by atoms with Crippen molar-refractivity contribution >= 4 is 56.7 Å². The number of amides is 5. The summed E-state index contributed by atoms with van der Waals surface area (Å²) in [5.74, 6) is -0.848. The average Bonchev–Trinajstić information content (AvgIpc) is 3.62. The number of thiophene rings is 1. The fraction of sp³-hybridized carbons (Fsp3) is 0.394. The standard InChI is InChI=1S/C33H37N7O4S/c1-19(2)10-11-25(20(3)4)40-26-12-13-35-31-27(26)28(37-33(40)44)29(45-31)30(42)36-23-8-6-14-38(18-23)32(43)22(17-34)16-24-9-7-15-39(24)21(5)41/h10-13,16,23-24H,1,6-9,14-15,18H2,2-5H3,(H,36,42)(H,37,44)/b11-10-,22-16+/t23-,24+/m1/s1. The smallest absolute Gasteiger partial charge is 0.331 e. The number of pyridine rings is 1. The van der Waals surface area contributed by atoms with Gasteiger partial charge in [0.2, 0.25) is 5.91 Å². The summed E-state index contributed by atoms with van der Waals surface area (Å²) in [5, 5.41) is 16.5. The molecule has 0 spiro atoms. The van der Waals surface area contributed by atoms with Gasteiger partial charge in [0.1, 0.15) is 21.3 Å². The Kier molecular flexibility index (Phi) is 9.20. The third-order valence-electron chi connectivity index (χ3n) is 8.19. The van der Waals surface area contributed by atoms with E-state index in [2.05, 4.69) is 22.2 Å². The molecule has 45 heavy (non-hydrogen) atoms. The topological polar surface area (TPSA) is 139 Å². The predicted octanol–water partition coefficient (Wildman–Crippen LogP) is 5.26. The first-order valence-corrected chi connectivity index (χ1v) is 15.8. The van der Waals surface area contributed by atoms with Gasteiger partial charge in [-0.1, -0.05) is 23.8 Å². The Hall–Kier alpha value is -4.76. The third-order valence-corrected chi connectivity index (χ3v) is 9.29. The summed E-state index contributed by atoms with van der Waals surface area (Å²) >= 11 is 1.20. The van der Waals surface area contributed by atoms with E-state index in [1.165, 1.54) is 18.3 Å². The van der Waals surface area contributed by atoms with Gasteiger partial charge in [-0.25, -0.2) is 9.78 Å². The molecule has 0 unspecified atom stereocenters. The van der Waals surface area contributed by atoms with Crippen molar-refractivity contribution in [1.82, 2.24) is 20.1 Å². The van der Waals surface area contributed by atoms with Crippen LogP contribution in [0, 0.1) is 11.3 Å². The highest BCUT2D eigenvalue weighted by molar-refractivity contribution is 7.21. The highest BCUT2D eigenvalue weighted by Gasteiger charge is 2.35. The Morgan fingerprint density at radius 1 is 1.16 bits per heavy atom. The summed E-state index contributed by atoms with van der Waals surface area (Å²) in [5.41, 5.74) is 3.53. The number of nitrogens with one attached hydrogen (secondary N) is 2. The summed E-state index contributed by atoms with van der Waals surface area (Å²) in [6.07, 6.45) is 9.77. The molecule has 5 rings (SSSR count). The molecule has 0 saturated carbocycles. The van der Waals surface area contributed by atoms with E-state index in [0.717, 1.165) is 17.6 Å². The Labute approximate surface area is 266 Å². The Morgan fingerprint density at radius 3 is 2.60 bits per heavy atom. The van der Waals surface area contributed by atoms with E-state index in [1.54, 1.807) is 33.0 Å². The number of urea groups is 1. The summed E-state index contributed by atoms with van der Waals surface area (Å²) in [6, 6.07) is 2.79. The monoisotopic (exact) mass is 627 g/mol. The zero-order valence-electron chi connectivity index (χ0n) is 26.0. The SMILES string of the molecule is C=C(C)/C=C\C(=C(C)C)N1C(=O)Nc2c(C(=O)N[C@@H]3CCCN(C(=O)/C(C#N)=C/[C@@H]4CCCN4C(C)=O)C3)sc3nccc1c23. The van der Waals surface area contributed by atoms with Crippen molar-refractivity contribution in [1.29, 1.82) is 5.26 Å². The lowest BCUT2D eigenvalue weighted by molar-refractivity contribution is -0.130. The molecule has 2 N–H and O–H groups in total. The number of carbonyl (C=O) groups is 4. The normalized spacial score (nSPS) is 19.8. The third kappa shape index (κ3) is 6.40. The van der Waals surface area contributed by atoms with E-state index in [4.69, 9.17) is 0 Å². The molecule has 2 aromatic rings. The highest BCUT2D eigenvalue weighted by atomic mass is 32.1. The van der Waals surface area contributed by atoms with Crippen molar-refractivity contribution < 1.29 is 19.2 Å². The van der Waals surface area contributed by atoms with Crippen molar-refractivity contribution in [3.63, 3.8) is 0 Å². The fourth-order valence-electron chi connectivity index (χ4n) is 6.08. The van der Waals surface area contributed by atoms with Gasteiger partial charge in [0.15, 0.2) is 0 Å². The van der Waals surface area contributed by atoms with Gasteiger partial charge in [0, 0.05) is 44.5 Å². The predicted molar refractivity (Wildman–Crippen MR) is 175 cm³/mol. The maximum atomic E-state index is 13.7. The molecule has 2 aromatic heterocycles. The minimum absolute atomic E-state index is 0.00811. The second kappa shape index (κ2) is 13.1. The second-order valence-corrected chi connectivity index (χ2v) is 12.8. The van der Waals surface area contributed by atoms with Crippen LogP contribution in [-0.4, -0.2) is 70.3 Å². The molecule has 2 atom stereocenters. The number of hydrogen-bond acceptors (Lipinski definition) is 7. The first kappa shape index (κ1) is 31.7. The van der Waals surface area contributed by atoms with Crippen LogP contribution in [0.5, 0.6) is 0 Å². The summed E-state index contributed by atoms with van der Waals surface area (Å²) in [6.45, 7) is 12.5. The van der Waals surface area contributed by atoms with Crippen LogP contribution in [-0.2, 0) is 9.59 Å². The van der Waals surface area contributed by atoms with Gasteiger partial charge in [-0.2, -0.15) is 5.26 Å². The van der Waals surface area contributed by atoms with E-state index >= 15 is 0 Å². The summed E-state index contributed by atoms with van der Waals surface area (Å²) in [7, 11) is 0. The number of allylic oxidation sites excluding steroid dienone is 4. The van der Waals surface area contributed by atoms with Gasteiger partial charge in [0.25, 0.3) is 11.8 Å². The van der Waals surface area contributed by atoms with Crippen LogP contribution in [0.4, 0.5) is 16.2 Å². The van der Waals surface area contributed by atoms with Crippen LogP contribution in [0.15, 0.2) is 59.5 Å². The van der Waals surface area contributed by atoms with Gasteiger partial charge in [-0.05, 0) is 64.7 Å². The van der Waals surface area contributed by atoms with Crippen molar-refractivity contribution in [2.75, 3.05) is 29.9 Å². The number of anilines is 2. The summed E-state index contributed by atoms with van der Waals surface area (Å²) in [4.78, 5) is 62.8. The van der Waals surface area contributed by atoms with Crippen LogP contribution < -0.4 is 15.5 Å². The van der Waals surface area contributed by atoms with E-state index in [1.807, 2.05) is 39.0 Å². The van der Waals surface area contributed by atoms with Crippen molar-refractivity contribution in [2.45, 2.75) is 65.5 Å². The van der Waals surface area contributed by atoms with Crippen LogP contribution in [0.25, 0.3) is 10.2 Å². The first-order chi connectivity index (χ1) is 21.5. The molecule has 11 nitrogen and oxygen atoms in total. The number of rotatable bonds is 7. The van der Waals surface area contributed by atoms with Crippen molar-refractivity contribution in [3.8, 4) is 6.07 Å². The van der Waals surface area contributed by atoms with Crippen LogP contribution in [0.2, 0.25) is 0 Å². The van der Waals surface area contributed by atoms with E-state index in [0.29, 0.717) is 64.5 Å². The lowest BCUT2D eigenvalue weighted by Gasteiger charge is -2.33. The molecule has 3 aliphatic rings. The first-order valence-electron chi connectivity index (χ1n) is 15.0. The molecule has 0 bridgehead atoms. The molecule has 0 aliphatic carbocycles. The van der Waals surface area contributed by atoms with Gasteiger partial charge >= 0.3 is 6.03 Å². The number of piperidine rings is 1. The fourth-order valence-corrected chi connectivity index (χ4v) is 7.10. The van der Waals surface area contributed by atoms with Gasteiger partial charge in [-0.3, -0.25) is 19.3 Å². The number of aromatic nitrogens is 1. The van der Waals surface area contributed by atoms with Crippen molar-refractivity contribution in [3.05, 3.63) is 64.4 Å². The highest BCUT2D eigenvalue weighted by Crippen LogP contribution is 2.45. The lowest BCUT2D eigenvalue weighted by Crippen LogP contribution is -2.50. The summed E-state index contributed by atoms with van der Waals surface area (Å²) < 4.78 is 0. The zero-order chi connectivity index (χ0) is 32.4. The number of hydrogen-bond donors (Lipinski definition) is 2. The molecular formula is C33H37N7O4S. The van der Waals surface area contributed by atoms with Crippen molar-refractivity contribution in [2.24, 2.45) is 0 Å². The minimum atomic E-state index is -0.402.